The quantitative estimate of drug-likeness (QED) is 0.618. The maximum atomic E-state index is 13.1. The van der Waals surface area contributed by atoms with Gasteiger partial charge in [-0.25, -0.2) is 4.68 Å². The number of hydrogen-bond donors (Lipinski definition) is 0. The summed E-state index contributed by atoms with van der Waals surface area (Å²) in [5, 5.41) is 5.75. The molecular formula is C26H27N3O4. The smallest absolute Gasteiger partial charge is 0.275 e. The van der Waals surface area contributed by atoms with E-state index in [0.717, 1.165) is 29.5 Å². The van der Waals surface area contributed by atoms with Crippen LogP contribution >= 0.6 is 0 Å². The van der Waals surface area contributed by atoms with E-state index in [-0.39, 0.29) is 35.8 Å². The zero-order valence-corrected chi connectivity index (χ0v) is 18.9. The van der Waals surface area contributed by atoms with Crippen LogP contribution in [0.1, 0.15) is 40.9 Å². The average Bonchev–Trinajstić information content (AvgIpc) is 2.83. The summed E-state index contributed by atoms with van der Waals surface area (Å²) >= 11 is 0. The van der Waals surface area contributed by atoms with Gasteiger partial charge < -0.3 is 9.64 Å². The summed E-state index contributed by atoms with van der Waals surface area (Å²) in [6, 6.07) is 13.0. The molecule has 0 radical (unpaired) electrons. The number of rotatable bonds is 3. The van der Waals surface area contributed by atoms with Crippen molar-refractivity contribution in [3.05, 3.63) is 69.6 Å². The minimum atomic E-state index is -0.258. The summed E-state index contributed by atoms with van der Waals surface area (Å²) in [4.78, 5) is 40.5. The van der Waals surface area contributed by atoms with Crippen molar-refractivity contribution in [2.45, 2.75) is 45.8 Å². The summed E-state index contributed by atoms with van der Waals surface area (Å²) in [6.07, 6.45) is 1.82. The number of carbonyl (C=O) groups is 2. The Balaban J connectivity index is 1.31. The molecule has 0 unspecified atom stereocenters. The molecule has 3 aromatic rings. The summed E-state index contributed by atoms with van der Waals surface area (Å²) in [7, 11) is 0. The molecule has 2 aliphatic rings. The third-order valence-electron chi connectivity index (χ3n) is 6.77. The summed E-state index contributed by atoms with van der Waals surface area (Å²) in [5.41, 5.74) is 2.14. The van der Waals surface area contributed by atoms with Gasteiger partial charge in [0.15, 0.2) is 5.78 Å². The second-order valence-electron chi connectivity index (χ2n) is 9.12. The number of piperidine rings is 1. The van der Waals surface area contributed by atoms with Gasteiger partial charge in [-0.2, -0.15) is 5.10 Å². The standard InChI is InChI=1S/C26H27N3O4/c1-16-9-10-23-21(12-16)22(30)13-24(33-23)18-6-5-11-28(14-18)25(31)15-29-26(32)20-8-4-3-7-19(20)17(2)27-29/h3-4,7-10,12,18,24H,5-6,11,13-15H2,1-2H3/t18-,24-/m0/s1. The van der Waals surface area contributed by atoms with E-state index in [0.29, 0.717) is 36.2 Å². The number of fused-ring (bicyclic) bond motifs is 2. The van der Waals surface area contributed by atoms with Gasteiger partial charge in [-0.15, -0.1) is 0 Å². The average molecular weight is 446 g/mol. The van der Waals surface area contributed by atoms with E-state index >= 15 is 0 Å². The molecule has 0 bridgehead atoms. The number of hydrogen-bond acceptors (Lipinski definition) is 5. The minimum absolute atomic E-state index is 0.0733. The van der Waals surface area contributed by atoms with E-state index in [1.165, 1.54) is 4.68 Å². The van der Waals surface area contributed by atoms with Crippen LogP contribution in [0.4, 0.5) is 0 Å². The molecule has 1 amide bonds. The van der Waals surface area contributed by atoms with E-state index in [2.05, 4.69) is 5.10 Å². The number of aryl methyl sites for hydroxylation is 2. The highest BCUT2D eigenvalue weighted by atomic mass is 16.5. The fourth-order valence-electron chi connectivity index (χ4n) is 5.00. The first-order valence-electron chi connectivity index (χ1n) is 11.5. The number of nitrogens with zero attached hydrogens (tertiary/aromatic N) is 3. The third-order valence-corrected chi connectivity index (χ3v) is 6.77. The number of benzene rings is 2. The van der Waals surface area contributed by atoms with Crippen molar-refractivity contribution in [1.82, 2.24) is 14.7 Å². The zero-order valence-electron chi connectivity index (χ0n) is 18.9. The Morgan fingerprint density at radius 3 is 2.73 bits per heavy atom. The number of carbonyl (C=O) groups excluding carboxylic acids is 2. The Bertz CT molecular complexity index is 1310. The van der Waals surface area contributed by atoms with Crippen LogP contribution in [0.25, 0.3) is 10.8 Å². The Labute approximate surface area is 192 Å². The van der Waals surface area contributed by atoms with Gasteiger partial charge in [-0.3, -0.25) is 14.4 Å². The molecule has 1 aromatic heterocycles. The van der Waals surface area contributed by atoms with Crippen molar-refractivity contribution in [3.63, 3.8) is 0 Å². The maximum absolute atomic E-state index is 13.1. The summed E-state index contributed by atoms with van der Waals surface area (Å²) in [6.45, 7) is 4.86. The van der Waals surface area contributed by atoms with Crippen molar-refractivity contribution in [2.24, 2.45) is 5.92 Å². The molecule has 7 nitrogen and oxygen atoms in total. The fraction of sp³-hybridized carbons (Fsp3) is 0.385. The molecule has 2 aliphatic heterocycles. The van der Waals surface area contributed by atoms with Crippen LogP contribution in [0.3, 0.4) is 0 Å². The van der Waals surface area contributed by atoms with Crippen LogP contribution in [0.5, 0.6) is 5.75 Å². The maximum Gasteiger partial charge on any atom is 0.275 e. The largest absolute Gasteiger partial charge is 0.489 e. The number of ketones is 1. The molecule has 0 spiro atoms. The van der Waals surface area contributed by atoms with Gasteiger partial charge in [0.25, 0.3) is 5.56 Å². The molecule has 170 valence electrons. The van der Waals surface area contributed by atoms with Crippen molar-refractivity contribution >= 4 is 22.5 Å². The lowest BCUT2D eigenvalue weighted by Gasteiger charge is -2.38. The second-order valence-corrected chi connectivity index (χ2v) is 9.12. The molecule has 0 aliphatic carbocycles. The second kappa shape index (κ2) is 8.46. The van der Waals surface area contributed by atoms with Gasteiger partial charge in [-0.1, -0.05) is 29.8 Å². The van der Waals surface area contributed by atoms with Gasteiger partial charge in [0.05, 0.1) is 16.6 Å². The molecule has 3 heterocycles. The molecule has 2 aromatic carbocycles. The van der Waals surface area contributed by atoms with Gasteiger partial charge in [0.1, 0.15) is 18.4 Å². The molecule has 0 N–H and O–H groups in total. The highest BCUT2D eigenvalue weighted by molar-refractivity contribution is 6.00. The molecule has 0 saturated carbocycles. The van der Waals surface area contributed by atoms with E-state index in [9.17, 15) is 14.4 Å². The lowest BCUT2D eigenvalue weighted by atomic mass is 9.86. The van der Waals surface area contributed by atoms with Crippen LogP contribution in [0, 0.1) is 19.8 Å². The SMILES string of the molecule is Cc1ccc2c(c1)C(=O)C[C@@H]([C@H]1CCCN(C(=O)Cn3nc(C)c4ccccc4c3=O)C1)O2. The Morgan fingerprint density at radius 1 is 1.12 bits per heavy atom. The first kappa shape index (κ1) is 21.4. The van der Waals surface area contributed by atoms with Gasteiger partial charge in [0, 0.05) is 30.8 Å². The zero-order chi connectivity index (χ0) is 23.1. The van der Waals surface area contributed by atoms with Crippen LogP contribution in [-0.2, 0) is 11.3 Å². The Morgan fingerprint density at radius 2 is 1.91 bits per heavy atom. The first-order valence-corrected chi connectivity index (χ1v) is 11.5. The van der Waals surface area contributed by atoms with Crippen molar-refractivity contribution in [1.29, 1.82) is 0 Å². The number of Topliss-reactive ketones (excluding diaryl/α,β-unsaturated/α-hetero) is 1. The lowest BCUT2D eigenvalue weighted by molar-refractivity contribution is -0.134. The van der Waals surface area contributed by atoms with E-state index in [4.69, 9.17) is 4.74 Å². The normalized spacial score (nSPS) is 20.4. The molecular weight excluding hydrogens is 418 g/mol. The third kappa shape index (κ3) is 4.03. The predicted molar refractivity (Wildman–Crippen MR) is 125 cm³/mol. The van der Waals surface area contributed by atoms with Crippen LogP contribution < -0.4 is 10.3 Å². The van der Waals surface area contributed by atoms with Crippen LogP contribution in [-0.4, -0.2) is 45.6 Å². The molecule has 1 saturated heterocycles. The topological polar surface area (TPSA) is 81.5 Å². The number of ether oxygens (including phenoxy) is 1. The van der Waals surface area contributed by atoms with E-state index in [1.807, 2.05) is 50.2 Å². The minimum Gasteiger partial charge on any atom is -0.489 e. The highest BCUT2D eigenvalue weighted by Crippen LogP contribution is 2.34. The van der Waals surface area contributed by atoms with Gasteiger partial charge in [0.2, 0.25) is 5.91 Å². The molecule has 5 rings (SSSR count). The summed E-state index contributed by atoms with van der Waals surface area (Å²) in [5.74, 6) is 0.662. The number of likely N-dealkylation sites (tertiary alicyclic amines) is 1. The first-order chi connectivity index (χ1) is 15.9. The fourth-order valence-corrected chi connectivity index (χ4v) is 5.00. The van der Waals surface area contributed by atoms with Crippen molar-refractivity contribution < 1.29 is 14.3 Å². The molecule has 1 fully saturated rings. The monoisotopic (exact) mass is 445 g/mol. The van der Waals surface area contributed by atoms with E-state index < -0.39 is 0 Å². The molecule has 2 atom stereocenters. The highest BCUT2D eigenvalue weighted by Gasteiger charge is 2.36. The van der Waals surface area contributed by atoms with Crippen molar-refractivity contribution in [3.8, 4) is 5.75 Å². The van der Waals surface area contributed by atoms with E-state index in [1.54, 1.807) is 11.0 Å². The molecule has 33 heavy (non-hydrogen) atoms. The summed E-state index contributed by atoms with van der Waals surface area (Å²) < 4.78 is 7.47. The van der Waals surface area contributed by atoms with Crippen LogP contribution in [0.2, 0.25) is 0 Å². The van der Waals surface area contributed by atoms with Gasteiger partial charge >= 0.3 is 0 Å². The van der Waals surface area contributed by atoms with Gasteiger partial charge in [-0.05, 0) is 44.9 Å². The Kier molecular flexibility index (Phi) is 5.48. The number of amides is 1. The molecule has 7 heteroatoms. The lowest BCUT2D eigenvalue weighted by Crippen LogP contribution is -2.48. The van der Waals surface area contributed by atoms with Crippen molar-refractivity contribution in [2.75, 3.05) is 13.1 Å². The number of aromatic nitrogens is 2. The van der Waals surface area contributed by atoms with Crippen LogP contribution in [0.15, 0.2) is 47.3 Å². The predicted octanol–water partition coefficient (Wildman–Crippen LogP) is 3.29. The Hall–Kier alpha value is -3.48.